The van der Waals surface area contributed by atoms with E-state index in [1.807, 2.05) is 11.4 Å². The highest BCUT2D eigenvalue weighted by atomic mass is 79.9. The Morgan fingerprint density at radius 1 is 1.62 bits per heavy atom. The zero-order valence-corrected chi connectivity index (χ0v) is 9.05. The minimum Gasteiger partial charge on any atom is -0.325 e. The summed E-state index contributed by atoms with van der Waals surface area (Å²) in [6.07, 6.45) is 1.67. The molecule has 6 heteroatoms. The van der Waals surface area contributed by atoms with Gasteiger partial charge in [-0.3, -0.25) is 0 Å². The van der Waals surface area contributed by atoms with Crippen LogP contribution in [0.1, 0.15) is 5.69 Å². The fourth-order valence-corrected chi connectivity index (χ4v) is 2.39. The van der Waals surface area contributed by atoms with E-state index < -0.39 is 0 Å². The van der Waals surface area contributed by atoms with Gasteiger partial charge in [0.15, 0.2) is 0 Å². The van der Waals surface area contributed by atoms with Crippen LogP contribution >= 0.6 is 27.3 Å². The second-order valence-corrected chi connectivity index (χ2v) is 4.25. The summed E-state index contributed by atoms with van der Waals surface area (Å²) in [4.78, 5) is 0. The molecule has 0 saturated heterocycles. The molecule has 0 aliphatic carbocycles. The Kier molecular flexibility index (Phi) is 2.43. The Bertz CT molecular complexity index is 408. The molecule has 0 amide bonds. The van der Waals surface area contributed by atoms with Gasteiger partial charge in [-0.25, -0.2) is 4.68 Å². The first-order valence-corrected chi connectivity index (χ1v) is 5.32. The molecule has 0 radical (unpaired) electrons. The first-order chi connectivity index (χ1) is 6.31. The predicted octanol–water partition coefficient (Wildman–Crippen LogP) is 1.55. The highest BCUT2D eigenvalue weighted by molar-refractivity contribution is 9.10. The lowest BCUT2D eigenvalue weighted by molar-refractivity contribution is 0.772. The van der Waals surface area contributed by atoms with E-state index in [9.17, 15) is 0 Å². The van der Waals surface area contributed by atoms with E-state index in [1.165, 1.54) is 0 Å². The van der Waals surface area contributed by atoms with Crippen molar-refractivity contribution >= 4 is 27.3 Å². The first-order valence-electron chi connectivity index (χ1n) is 3.65. The molecule has 13 heavy (non-hydrogen) atoms. The van der Waals surface area contributed by atoms with Crippen molar-refractivity contribution in [1.29, 1.82) is 0 Å². The number of aromatic nitrogens is 3. The van der Waals surface area contributed by atoms with Gasteiger partial charge in [0.2, 0.25) is 0 Å². The van der Waals surface area contributed by atoms with Gasteiger partial charge in [0.05, 0.1) is 11.9 Å². The Balaban J connectivity index is 2.45. The van der Waals surface area contributed by atoms with Crippen molar-refractivity contribution in [1.82, 2.24) is 15.0 Å². The van der Waals surface area contributed by atoms with Crippen molar-refractivity contribution in [3.05, 3.63) is 27.8 Å². The van der Waals surface area contributed by atoms with Crippen molar-refractivity contribution < 1.29 is 0 Å². The molecule has 2 aromatic heterocycles. The summed E-state index contributed by atoms with van der Waals surface area (Å²) in [5, 5.41) is 10.8. The summed E-state index contributed by atoms with van der Waals surface area (Å²) in [5.41, 5.74) is 6.44. The summed E-state index contributed by atoms with van der Waals surface area (Å²) < 4.78 is 2.79. The van der Waals surface area contributed by atoms with E-state index in [0.29, 0.717) is 6.54 Å². The molecule has 0 spiro atoms. The molecule has 0 atom stereocenters. The molecule has 68 valence electrons. The van der Waals surface area contributed by atoms with Crippen LogP contribution in [0.2, 0.25) is 0 Å². The fraction of sp³-hybridized carbons (Fsp3) is 0.143. The van der Waals surface area contributed by atoms with Crippen LogP contribution in [0.3, 0.4) is 0 Å². The maximum atomic E-state index is 5.53. The number of halogens is 1. The average Bonchev–Trinajstić information content (AvgIpc) is 2.71. The van der Waals surface area contributed by atoms with E-state index in [0.717, 1.165) is 15.2 Å². The van der Waals surface area contributed by atoms with E-state index in [2.05, 4.69) is 26.2 Å². The smallest absolute Gasteiger partial charge is 0.120 e. The lowest BCUT2D eigenvalue weighted by atomic mass is 10.5. The van der Waals surface area contributed by atoms with Gasteiger partial charge in [-0.15, -0.1) is 16.4 Å². The summed E-state index contributed by atoms with van der Waals surface area (Å²) in [5.74, 6) is 0. The molecule has 2 N–H and O–H groups in total. The molecule has 2 rings (SSSR count). The van der Waals surface area contributed by atoms with E-state index in [4.69, 9.17) is 5.73 Å². The minimum atomic E-state index is 0.447. The number of hydrogen-bond donors (Lipinski definition) is 1. The maximum absolute atomic E-state index is 5.53. The van der Waals surface area contributed by atoms with E-state index in [-0.39, 0.29) is 0 Å². The summed E-state index contributed by atoms with van der Waals surface area (Å²) in [6.45, 7) is 0.447. The van der Waals surface area contributed by atoms with Crippen LogP contribution < -0.4 is 5.73 Å². The quantitative estimate of drug-likeness (QED) is 0.890. The van der Waals surface area contributed by atoms with Gasteiger partial charge in [-0.2, -0.15) is 0 Å². The highest BCUT2D eigenvalue weighted by Crippen LogP contribution is 2.23. The van der Waals surface area contributed by atoms with Crippen LogP contribution in [0.15, 0.2) is 22.1 Å². The topological polar surface area (TPSA) is 56.7 Å². The van der Waals surface area contributed by atoms with Crippen molar-refractivity contribution in [2.24, 2.45) is 5.73 Å². The van der Waals surface area contributed by atoms with Gasteiger partial charge in [0, 0.05) is 16.4 Å². The Hall–Kier alpha value is -0.720. The van der Waals surface area contributed by atoms with Gasteiger partial charge in [-0.1, -0.05) is 5.21 Å². The minimum absolute atomic E-state index is 0.447. The molecule has 0 aliphatic heterocycles. The molecule has 0 saturated carbocycles. The number of rotatable bonds is 2. The van der Waals surface area contributed by atoms with Gasteiger partial charge >= 0.3 is 0 Å². The third kappa shape index (κ3) is 1.65. The van der Waals surface area contributed by atoms with Crippen LogP contribution in [0.4, 0.5) is 0 Å². The summed E-state index contributed by atoms with van der Waals surface area (Å²) >= 11 is 4.98. The van der Waals surface area contributed by atoms with Crippen molar-refractivity contribution in [2.75, 3.05) is 0 Å². The fourth-order valence-electron chi connectivity index (χ4n) is 0.995. The molecule has 0 unspecified atom stereocenters. The average molecular weight is 259 g/mol. The number of thiophene rings is 1. The lowest BCUT2D eigenvalue weighted by Crippen LogP contribution is -2.05. The molecule has 4 nitrogen and oxygen atoms in total. The van der Waals surface area contributed by atoms with Crippen LogP contribution in [-0.2, 0) is 6.54 Å². The van der Waals surface area contributed by atoms with E-state index >= 15 is 0 Å². The third-order valence-corrected chi connectivity index (χ3v) is 3.26. The van der Waals surface area contributed by atoms with Crippen LogP contribution in [-0.4, -0.2) is 15.0 Å². The van der Waals surface area contributed by atoms with Crippen molar-refractivity contribution in [3.63, 3.8) is 0 Å². The Morgan fingerprint density at radius 3 is 3.08 bits per heavy atom. The molecular formula is C7H7BrN4S. The zero-order valence-electron chi connectivity index (χ0n) is 6.64. The maximum Gasteiger partial charge on any atom is 0.120 e. The lowest BCUT2D eigenvalue weighted by Gasteiger charge is -1.98. The second kappa shape index (κ2) is 3.57. The van der Waals surface area contributed by atoms with Crippen LogP contribution in [0.25, 0.3) is 5.00 Å². The van der Waals surface area contributed by atoms with Crippen molar-refractivity contribution in [2.45, 2.75) is 6.54 Å². The van der Waals surface area contributed by atoms with Crippen LogP contribution in [0, 0.1) is 0 Å². The standard InChI is InChI=1S/C7H7BrN4S/c8-5-1-7(13-4-5)12-6(2-9)3-10-11-12/h1,3-4H,2,9H2. The molecule has 0 fully saturated rings. The van der Waals surface area contributed by atoms with Gasteiger partial charge in [0.1, 0.15) is 5.00 Å². The molecule has 2 heterocycles. The largest absolute Gasteiger partial charge is 0.325 e. The first kappa shape index (κ1) is 8.86. The number of nitrogens with two attached hydrogens (primary N) is 1. The van der Waals surface area contributed by atoms with Gasteiger partial charge < -0.3 is 5.73 Å². The molecule has 0 bridgehead atoms. The SMILES string of the molecule is NCc1cnnn1-c1cc(Br)cs1. The number of nitrogens with zero attached hydrogens (tertiary/aromatic N) is 3. The normalized spacial score (nSPS) is 10.6. The number of hydrogen-bond acceptors (Lipinski definition) is 4. The molecular weight excluding hydrogens is 252 g/mol. The second-order valence-electron chi connectivity index (χ2n) is 2.44. The van der Waals surface area contributed by atoms with Crippen molar-refractivity contribution in [3.8, 4) is 5.00 Å². The summed E-state index contributed by atoms with van der Waals surface area (Å²) in [7, 11) is 0. The van der Waals surface area contributed by atoms with Gasteiger partial charge in [0.25, 0.3) is 0 Å². The molecule has 0 aromatic carbocycles. The highest BCUT2D eigenvalue weighted by Gasteiger charge is 2.06. The zero-order chi connectivity index (χ0) is 9.26. The Labute approximate surface area is 87.5 Å². The van der Waals surface area contributed by atoms with E-state index in [1.54, 1.807) is 22.2 Å². The monoisotopic (exact) mass is 258 g/mol. The Morgan fingerprint density at radius 2 is 2.46 bits per heavy atom. The van der Waals surface area contributed by atoms with Crippen LogP contribution in [0.5, 0.6) is 0 Å². The third-order valence-electron chi connectivity index (χ3n) is 1.59. The molecule has 0 aliphatic rings. The molecule has 2 aromatic rings. The van der Waals surface area contributed by atoms with Gasteiger partial charge in [-0.05, 0) is 22.0 Å². The summed E-state index contributed by atoms with van der Waals surface area (Å²) in [6, 6.07) is 1.98. The predicted molar refractivity (Wildman–Crippen MR) is 54.8 cm³/mol.